The molecule has 3 aromatic rings. The quantitative estimate of drug-likeness (QED) is 0.536. The van der Waals surface area contributed by atoms with Gasteiger partial charge in [-0.1, -0.05) is 0 Å². The van der Waals surface area contributed by atoms with Crippen LogP contribution in [0.1, 0.15) is 15.9 Å². The van der Waals surface area contributed by atoms with Gasteiger partial charge >= 0.3 is 12.2 Å². The number of rotatable bonds is 4. The predicted molar refractivity (Wildman–Crippen MR) is 129 cm³/mol. The van der Waals surface area contributed by atoms with E-state index in [1.807, 2.05) is 4.90 Å². The zero-order chi connectivity index (χ0) is 26.0. The number of halogens is 3. The molecule has 0 atom stereocenters. The van der Waals surface area contributed by atoms with E-state index < -0.39 is 17.8 Å². The Labute approximate surface area is 209 Å². The summed E-state index contributed by atoms with van der Waals surface area (Å²) in [6.45, 7) is 2.36. The average Bonchev–Trinajstić information content (AvgIpc) is 3.37. The smallest absolute Gasteiger partial charge is 0.416 e. The lowest BCUT2D eigenvalue weighted by molar-refractivity contribution is -0.137. The van der Waals surface area contributed by atoms with Crippen molar-refractivity contribution in [3.63, 3.8) is 0 Å². The van der Waals surface area contributed by atoms with Gasteiger partial charge in [0.15, 0.2) is 11.5 Å². The number of piperazine rings is 1. The molecule has 2 N–H and O–H groups in total. The summed E-state index contributed by atoms with van der Waals surface area (Å²) in [6, 6.07) is 12.1. The highest BCUT2D eigenvalue weighted by molar-refractivity contribution is 5.99. The number of carbonyl (C=O) groups is 2. The number of hydrogen-bond donors (Lipinski definition) is 2. The predicted octanol–water partition coefficient (Wildman–Crippen LogP) is 4.44. The molecule has 2 aromatic carbocycles. The lowest BCUT2D eigenvalue weighted by Crippen LogP contribution is -2.49. The second-order valence-corrected chi connectivity index (χ2v) is 8.41. The number of hydrogen-bond acceptors (Lipinski definition) is 6. The number of benzene rings is 2. The van der Waals surface area contributed by atoms with Crippen molar-refractivity contribution in [1.29, 1.82) is 0 Å². The second-order valence-electron chi connectivity index (χ2n) is 8.41. The minimum absolute atomic E-state index is 0.0792. The first kappa shape index (κ1) is 24.2. The van der Waals surface area contributed by atoms with Crippen molar-refractivity contribution in [3.05, 3.63) is 71.9 Å². The fraction of sp³-hybridized carbons (Fsp3) is 0.240. The molecule has 1 fully saturated rings. The van der Waals surface area contributed by atoms with Gasteiger partial charge in [0.2, 0.25) is 6.79 Å². The number of fused-ring (bicyclic) bond motifs is 1. The number of nitrogens with one attached hydrogen (secondary N) is 2. The summed E-state index contributed by atoms with van der Waals surface area (Å²) in [5.41, 5.74) is 0.394. The Morgan fingerprint density at radius 3 is 2.19 bits per heavy atom. The SMILES string of the molecule is O=C(Nc1ccc(C(F)(F)F)cc1)Nc1ccc(N2CCN(C(=O)c3ccc4c(c3)OCO4)CC2)nc1. The molecule has 0 radical (unpaired) electrons. The van der Waals surface area contributed by atoms with Crippen LogP contribution in [0.2, 0.25) is 0 Å². The molecule has 12 heteroatoms. The van der Waals surface area contributed by atoms with Crippen LogP contribution in [0.5, 0.6) is 11.5 Å². The summed E-state index contributed by atoms with van der Waals surface area (Å²) in [5, 5.41) is 5.08. The summed E-state index contributed by atoms with van der Waals surface area (Å²) in [5.74, 6) is 1.81. The van der Waals surface area contributed by atoms with Gasteiger partial charge in [-0.25, -0.2) is 9.78 Å². The van der Waals surface area contributed by atoms with Crippen molar-refractivity contribution in [2.45, 2.75) is 6.18 Å². The Bertz CT molecular complexity index is 1290. The monoisotopic (exact) mass is 513 g/mol. The van der Waals surface area contributed by atoms with Crippen molar-refractivity contribution in [3.8, 4) is 11.5 Å². The van der Waals surface area contributed by atoms with E-state index in [0.29, 0.717) is 54.7 Å². The molecule has 0 spiro atoms. The molecule has 37 heavy (non-hydrogen) atoms. The Morgan fingerprint density at radius 1 is 0.838 bits per heavy atom. The van der Waals surface area contributed by atoms with Crippen molar-refractivity contribution < 1.29 is 32.2 Å². The van der Waals surface area contributed by atoms with Gasteiger partial charge < -0.3 is 29.9 Å². The number of nitrogens with zero attached hydrogens (tertiary/aromatic N) is 3. The number of pyridine rings is 1. The lowest BCUT2D eigenvalue weighted by Gasteiger charge is -2.35. The molecule has 1 aromatic heterocycles. The summed E-state index contributed by atoms with van der Waals surface area (Å²) < 4.78 is 48.6. The van der Waals surface area contributed by atoms with Crippen molar-refractivity contribution in [1.82, 2.24) is 9.88 Å². The van der Waals surface area contributed by atoms with Crippen LogP contribution < -0.4 is 25.0 Å². The number of carbonyl (C=O) groups excluding carboxylic acids is 2. The minimum Gasteiger partial charge on any atom is -0.454 e. The Kier molecular flexibility index (Phi) is 6.47. The van der Waals surface area contributed by atoms with E-state index in [-0.39, 0.29) is 18.4 Å². The Balaban J connectivity index is 1.12. The molecule has 0 aliphatic carbocycles. The van der Waals surface area contributed by atoms with Crippen molar-refractivity contribution in [2.24, 2.45) is 0 Å². The zero-order valence-electron chi connectivity index (χ0n) is 19.4. The van der Waals surface area contributed by atoms with Crippen LogP contribution in [-0.2, 0) is 6.18 Å². The lowest BCUT2D eigenvalue weighted by atomic mass is 10.1. The van der Waals surface area contributed by atoms with E-state index in [9.17, 15) is 22.8 Å². The van der Waals surface area contributed by atoms with Crippen LogP contribution in [-0.4, -0.2) is 54.8 Å². The molecule has 0 saturated carbocycles. The number of ether oxygens (including phenoxy) is 2. The van der Waals surface area contributed by atoms with Gasteiger partial charge in [-0.2, -0.15) is 13.2 Å². The normalized spacial score (nSPS) is 14.9. The molecule has 9 nitrogen and oxygen atoms in total. The number of urea groups is 1. The molecule has 3 heterocycles. The van der Waals surface area contributed by atoms with Gasteiger partial charge in [0.1, 0.15) is 5.82 Å². The molecular formula is C25H22F3N5O4. The molecular weight excluding hydrogens is 491 g/mol. The van der Waals surface area contributed by atoms with Crippen LogP contribution in [0.25, 0.3) is 0 Å². The third-order valence-corrected chi connectivity index (χ3v) is 5.99. The van der Waals surface area contributed by atoms with Gasteiger partial charge in [0, 0.05) is 37.4 Å². The third-order valence-electron chi connectivity index (χ3n) is 5.99. The second kappa shape index (κ2) is 9.88. The maximum absolute atomic E-state index is 12.9. The van der Waals surface area contributed by atoms with E-state index in [4.69, 9.17) is 9.47 Å². The van der Waals surface area contributed by atoms with Crippen LogP contribution in [0.15, 0.2) is 60.8 Å². The number of alkyl halides is 3. The molecule has 3 amide bonds. The van der Waals surface area contributed by atoms with E-state index in [1.165, 1.54) is 18.3 Å². The highest BCUT2D eigenvalue weighted by Gasteiger charge is 2.30. The van der Waals surface area contributed by atoms with Crippen molar-refractivity contribution >= 4 is 29.1 Å². The van der Waals surface area contributed by atoms with Crippen LogP contribution in [0, 0.1) is 0 Å². The number of aromatic nitrogens is 1. The zero-order valence-corrected chi connectivity index (χ0v) is 19.4. The Hall–Kier alpha value is -4.48. The molecule has 5 rings (SSSR count). The third kappa shape index (κ3) is 5.52. The molecule has 192 valence electrons. The van der Waals surface area contributed by atoms with Gasteiger partial charge in [-0.3, -0.25) is 4.79 Å². The van der Waals surface area contributed by atoms with Gasteiger partial charge in [-0.05, 0) is 54.6 Å². The van der Waals surface area contributed by atoms with Crippen LogP contribution in [0.4, 0.5) is 35.2 Å². The molecule has 1 saturated heterocycles. The summed E-state index contributed by atoms with van der Waals surface area (Å²) in [6.07, 6.45) is -2.95. The first-order valence-electron chi connectivity index (χ1n) is 11.4. The fourth-order valence-electron chi connectivity index (χ4n) is 4.03. The van der Waals surface area contributed by atoms with E-state index >= 15 is 0 Å². The first-order chi connectivity index (χ1) is 17.8. The summed E-state index contributed by atoms with van der Waals surface area (Å²) in [4.78, 5) is 33.3. The molecule has 2 aliphatic heterocycles. The average molecular weight is 513 g/mol. The van der Waals surface area contributed by atoms with Gasteiger partial charge in [0.25, 0.3) is 5.91 Å². The van der Waals surface area contributed by atoms with Gasteiger partial charge in [0.05, 0.1) is 17.4 Å². The highest BCUT2D eigenvalue weighted by Crippen LogP contribution is 2.33. The van der Waals surface area contributed by atoms with Crippen LogP contribution in [0.3, 0.4) is 0 Å². The maximum Gasteiger partial charge on any atom is 0.416 e. The fourth-order valence-corrected chi connectivity index (χ4v) is 4.03. The van der Waals surface area contributed by atoms with E-state index in [1.54, 1.807) is 35.2 Å². The van der Waals surface area contributed by atoms with Crippen molar-refractivity contribution in [2.75, 3.05) is 48.5 Å². The maximum atomic E-state index is 12.9. The van der Waals surface area contributed by atoms with E-state index in [0.717, 1.165) is 12.1 Å². The van der Waals surface area contributed by atoms with Gasteiger partial charge in [-0.15, -0.1) is 0 Å². The largest absolute Gasteiger partial charge is 0.454 e. The summed E-state index contributed by atoms with van der Waals surface area (Å²) in [7, 11) is 0. The topological polar surface area (TPSA) is 96.0 Å². The van der Waals surface area contributed by atoms with Crippen LogP contribution >= 0.6 is 0 Å². The number of amides is 3. The van der Waals surface area contributed by atoms with E-state index in [2.05, 4.69) is 15.6 Å². The standard InChI is InChI=1S/C25H22F3N5O4/c26-25(27,28)17-2-4-18(5-3-17)30-24(35)31-19-6-8-22(29-14-19)32-9-11-33(12-10-32)23(34)16-1-7-20-21(13-16)37-15-36-20/h1-8,13-14H,9-12,15H2,(H2,30,31,35). The number of anilines is 3. The summed E-state index contributed by atoms with van der Waals surface area (Å²) >= 11 is 0. The molecule has 0 bridgehead atoms. The molecule has 0 unspecified atom stereocenters. The first-order valence-corrected chi connectivity index (χ1v) is 11.4. The Morgan fingerprint density at radius 2 is 1.51 bits per heavy atom. The molecule has 2 aliphatic rings. The highest BCUT2D eigenvalue weighted by atomic mass is 19.4. The minimum atomic E-state index is -4.44.